The molecule has 17 heavy (non-hydrogen) atoms. The molecular weight excluding hydrogens is 261 g/mol. The molecule has 0 aliphatic heterocycles. The van der Waals surface area contributed by atoms with Gasteiger partial charge in [0.25, 0.3) is 0 Å². The van der Waals surface area contributed by atoms with Crippen LogP contribution < -0.4 is 0 Å². The fourth-order valence-corrected chi connectivity index (χ4v) is 2.49. The minimum absolute atomic E-state index is 0.386. The zero-order chi connectivity index (χ0) is 11.8. The summed E-state index contributed by atoms with van der Waals surface area (Å²) in [7, 11) is 0. The third kappa shape index (κ3) is 1.87. The van der Waals surface area contributed by atoms with Gasteiger partial charge in [0.15, 0.2) is 5.82 Å². The summed E-state index contributed by atoms with van der Waals surface area (Å²) in [5.41, 5.74) is 0.503. The second kappa shape index (κ2) is 4.01. The van der Waals surface area contributed by atoms with Gasteiger partial charge >= 0.3 is 0 Å². The summed E-state index contributed by atoms with van der Waals surface area (Å²) in [6.07, 6.45) is 1.13. The number of nitrogens with zero attached hydrogens (tertiary/aromatic N) is 3. The molecule has 0 radical (unpaired) electrons. The summed E-state index contributed by atoms with van der Waals surface area (Å²) in [5, 5.41) is 3.10. The van der Waals surface area contributed by atoms with Gasteiger partial charge < -0.3 is 0 Å². The Morgan fingerprint density at radius 3 is 2.82 bits per heavy atom. The van der Waals surface area contributed by atoms with E-state index in [1.54, 1.807) is 0 Å². The summed E-state index contributed by atoms with van der Waals surface area (Å²) >= 11 is 7.51. The van der Waals surface area contributed by atoms with Gasteiger partial charge in [-0.1, -0.05) is 11.6 Å². The van der Waals surface area contributed by atoms with Crippen molar-refractivity contribution in [3.05, 3.63) is 40.7 Å². The molecule has 0 saturated heterocycles. The van der Waals surface area contributed by atoms with Gasteiger partial charge in [0.2, 0.25) is 0 Å². The van der Waals surface area contributed by atoms with Crippen LogP contribution in [0.3, 0.4) is 0 Å². The summed E-state index contributed by atoms with van der Waals surface area (Å²) in [6.45, 7) is 0. The fraction of sp³-hybridized carbons (Fsp3) is 0. The molecule has 6 heteroatoms. The first-order valence-electron chi connectivity index (χ1n) is 4.77. The standard InChI is InChI=1S/C11H5ClFN3S/c12-9-7-3-4-17-11(7)16-10(15-9)8-2-1-6(13)5-14-8/h1-5H. The van der Waals surface area contributed by atoms with E-state index < -0.39 is 5.82 Å². The van der Waals surface area contributed by atoms with E-state index in [-0.39, 0.29) is 0 Å². The maximum absolute atomic E-state index is 12.8. The van der Waals surface area contributed by atoms with Crippen molar-refractivity contribution in [2.24, 2.45) is 0 Å². The molecule has 0 aromatic carbocycles. The fourth-order valence-electron chi connectivity index (χ4n) is 1.44. The Morgan fingerprint density at radius 1 is 1.18 bits per heavy atom. The first-order valence-corrected chi connectivity index (χ1v) is 6.02. The van der Waals surface area contributed by atoms with E-state index in [2.05, 4.69) is 15.0 Å². The third-order valence-corrected chi connectivity index (χ3v) is 3.33. The van der Waals surface area contributed by atoms with Crippen molar-refractivity contribution in [3.8, 4) is 11.5 Å². The van der Waals surface area contributed by atoms with Gasteiger partial charge in [-0.3, -0.25) is 0 Å². The van der Waals surface area contributed by atoms with Crippen LogP contribution in [0.4, 0.5) is 4.39 Å². The normalized spacial score (nSPS) is 10.9. The van der Waals surface area contributed by atoms with Crippen LogP contribution in [0.1, 0.15) is 0 Å². The van der Waals surface area contributed by atoms with E-state index in [4.69, 9.17) is 11.6 Å². The zero-order valence-electron chi connectivity index (χ0n) is 8.39. The smallest absolute Gasteiger partial charge is 0.180 e. The molecule has 0 N–H and O–H groups in total. The molecule has 3 rings (SSSR count). The minimum Gasteiger partial charge on any atom is -0.250 e. The Morgan fingerprint density at radius 2 is 2.06 bits per heavy atom. The molecule has 0 fully saturated rings. The molecule has 0 aliphatic rings. The summed E-state index contributed by atoms with van der Waals surface area (Å²) in [6, 6.07) is 4.71. The van der Waals surface area contributed by atoms with Crippen molar-refractivity contribution >= 4 is 33.2 Å². The molecule has 0 unspecified atom stereocenters. The highest BCUT2D eigenvalue weighted by Crippen LogP contribution is 2.27. The zero-order valence-corrected chi connectivity index (χ0v) is 9.96. The van der Waals surface area contributed by atoms with Crippen LogP contribution in [0.15, 0.2) is 29.8 Å². The second-order valence-corrected chi connectivity index (χ2v) is 4.59. The van der Waals surface area contributed by atoms with Crippen LogP contribution in [0, 0.1) is 5.82 Å². The topological polar surface area (TPSA) is 38.7 Å². The largest absolute Gasteiger partial charge is 0.250 e. The van der Waals surface area contributed by atoms with Crippen molar-refractivity contribution < 1.29 is 4.39 Å². The Bertz CT molecular complexity index is 681. The summed E-state index contributed by atoms with van der Waals surface area (Å²) < 4.78 is 12.8. The molecule has 3 aromatic rings. The minimum atomic E-state index is -0.392. The van der Waals surface area contributed by atoms with Crippen molar-refractivity contribution in [2.45, 2.75) is 0 Å². The van der Waals surface area contributed by atoms with E-state index in [9.17, 15) is 4.39 Å². The number of fused-ring (bicyclic) bond motifs is 1. The van der Waals surface area contributed by atoms with Crippen molar-refractivity contribution in [1.29, 1.82) is 0 Å². The Hall–Kier alpha value is -1.59. The molecule has 0 saturated carbocycles. The number of thiophene rings is 1. The molecule has 0 atom stereocenters. The van der Waals surface area contributed by atoms with E-state index in [1.807, 2.05) is 11.4 Å². The van der Waals surface area contributed by atoms with Crippen LogP contribution in [0.2, 0.25) is 5.15 Å². The number of hydrogen-bond acceptors (Lipinski definition) is 4. The SMILES string of the molecule is Fc1ccc(-c2nc(Cl)c3ccsc3n2)nc1. The predicted molar refractivity (Wildman–Crippen MR) is 65.6 cm³/mol. The van der Waals surface area contributed by atoms with Crippen LogP contribution >= 0.6 is 22.9 Å². The van der Waals surface area contributed by atoms with E-state index in [0.717, 1.165) is 16.4 Å². The molecule has 84 valence electrons. The molecular formula is C11H5ClFN3S. The number of rotatable bonds is 1. The lowest BCUT2D eigenvalue weighted by atomic mass is 10.3. The van der Waals surface area contributed by atoms with Gasteiger partial charge in [-0.05, 0) is 23.6 Å². The number of pyridine rings is 1. The van der Waals surface area contributed by atoms with Gasteiger partial charge in [-0.2, -0.15) is 0 Å². The first-order chi connectivity index (χ1) is 8.24. The molecule has 0 aliphatic carbocycles. The third-order valence-electron chi connectivity index (χ3n) is 2.24. The highest BCUT2D eigenvalue weighted by atomic mass is 35.5. The lowest BCUT2D eigenvalue weighted by molar-refractivity contribution is 0.621. The average Bonchev–Trinajstić information content (AvgIpc) is 2.78. The van der Waals surface area contributed by atoms with Gasteiger partial charge in [-0.15, -0.1) is 11.3 Å². The second-order valence-electron chi connectivity index (χ2n) is 3.34. The first kappa shape index (κ1) is 10.6. The number of aromatic nitrogens is 3. The van der Waals surface area contributed by atoms with Gasteiger partial charge in [-0.25, -0.2) is 19.3 Å². The lowest BCUT2D eigenvalue weighted by Gasteiger charge is -2.00. The van der Waals surface area contributed by atoms with Crippen LogP contribution in [0.25, 0.3) is 21.7 Å². The average molecular weight is 266 g/mol. The van der Waals surface area contributed by atoms with Crippen molar-refractivity contribution in [3.63, 3.8) is 0 Å². The van der Waals surface area contributed by atoms with E-state index >= 15 is 0 Å². The van der Waals surface area contributed by atoms with Crippen molar-refractivity contribution in [1.82, 2.24) is 15.0 Å². The monoisotopic (exact) mass is 265 g/mol. The van der Waals surface area contributed by atoms with Crippen LogP contribution in [-0.4, -0.2) is 15.0 Å². The molecule has 0 bridgehead atoms. The van der Waals surface area contributed by atoms with Gasteiger partial charge in [0.05, 0.1) is 6.20 Å². The Labute approximate surface area is 105 Å². The number of halogens is 2. The quantitative estimate of drug-likeness (QED) is 0.632. The summed E-state index contributed by atoms with van der Waals surface area (Å²) in [4.78, 5) is 13.2. The highest BCUT2D eigenvalue weighted by Gasteiger charge is 2.09. The highest BCUT2D eigenvalue weighted by molar-refractivity contribution is 7.16. The maximum Gasteiger partial charge on any atom is 0.180 e. The Kier molecular flexibility index (Phi) is 2.49. The van der Waals surface area contributed by atoms with Crippen LogP contribution in [0.5, 0.6) is 0 Å². The van der Waals surface area contributed by atoms with E-state index in [0.29, 0.717) is 16.7 Å². The Balaban J connectivity index is 2.20. The summed E-state index contributed by atoms with van der Waals surface area (Å²) in [5.74, 6) is 0.0157. The lowest BCUT2D eigenvalue weighted by Crippen LogP contribution is -1.92. The van der Waals surface area contributed by atoms with Crippen LogP contribution in [-0.2, 0) is 0 Å². The molecule has 0 spiro atoms. The molecule has 3 nitrogen and oxygen atoms in total. The van der Waals surface area contributed by atoms with Crippen molar-refractivity contribution in [2.75, 3.05) is 0 Å². The maximum atomic E-state index is 12.8. The number of hydrogen-bond donors (Lipinski definition) is 0. The molecule has 3 aromatic heterocycles. The van der Waals surface area contributed by atoms with Gasteiger partial charge in [0.1, 0.15) is 21.5 Å². The van der Waals surface area contributed by atoms with Gasteiger partial charge in [0, 0.05) is 5.39 Å². The molecule has 0 amide bonds. The predicted octanol–water partition coefficient (Wildman–Crippen LogP) is 3.55. The van der Waals surface area contributed by atoms with E-state index in [1.165, 1.54) is 23.5 Å². The molecule has 3 heterocycles.